The summed E-state index contributed by atoms with van der Waals surface area (Å²) >= 11 is 0. The van der Waals surface area contributed by atoms with Gasteiger partial charge in [0, 0.05) is 6.54 Å². The molecule has 0 fully saturated rings. The fourth-order valence-corrected chi connectivity index (χ4v) is 1.67. The van der Waals surface area contributed by atoms with E-state index in [1.54, 1.807) is 0 Å². The summed E-state index contributed by atoms with van der Waals surface area (Å²) in [5.74, 6) is 1.36. The fourth-order valence-electron chi connectivity index (χ4n) is 1.67. The highest BCUT2D eigenvalue weighted by Crippen LogP contribution is 2.08. The summed E-state index contributed by atoms with van der Waals surface area (Å²) in [6.45, 7) is 8.15. The molecular formula is C14H35Cl3N6. The molecule has 0 amide bonds. The molecule has 0 aliphatic carbocycles. The van der Waals surface area contributed by atoms with Gasteiger partial charge in [0.05, 0.1) is 6.04 Å². The molecule has 5 N–H and O–H groups in total. The van der Waals surface area contributed by atoms with E-state index < -0.39 is 0 Å². The Bertz CT molecular complexity index is 322. The van der Waals surface area contributed by atoms with Gasteiger partial charge in [0.25, 0.3) is 0 Å². The molecule has 0 aromatic rings. The van der Waals surface area contributed by atoms with Crippen LogP contribution < -0.4 is 16.8 Å². The molecular weight excluding hydrogens is 359 g/mol. The van der Waals surface area contributed by atoms with Gasteiger partial charge >= 0.3 is 0 Å². The van der Waals surface area contributed by atoms with Gasteiger partial charge in [0.1, 0.15) is 0 Å². The molecule has 0 heterocycles. The lowest BCUT2D eigenvalue weighted by molar-refractivity contribution is 0.403. The van der Waals surface area contributed by atoms with Gasteiger partial charge in [-0.05, 0) is 52.7 Å². The van der Waals surface area contributed by atoms with Gasteiger partial charge in [0.15, 0.2) is 11.9 Å². The fraction of sp³-hybridized carbons (Fsp3) is 0.857. The second-order valence-corrected chi connectivity index (χ2v) is 5.88. The topological polar surface area (TPSA) is 92.0 Å². The van der Waals surface area contributed by atoms with E-state index in [-0.39, 0.29) is 43.3 Å². The third kappa shape index (κ3) is 21.6. The molecule has 0 aliphatic heterocycles. The second kappa shape index (κ2) is 17.9. The first kappa shape index (κ1) is 30.5. The summed E-state index contributed by atoms with van der Waals surface area (Å²) in [7, 11) is 4.07. The van der Waals surface area contributed by atoms with Crippen molar-refractivity contribution in [2.45, 2.75) is 46.1 Å². The Morgan fingerprint density at radius 2 is 1.57 bits per heavy atom. The summed E-state index contributed by atoms with van der Waals surface area (Å²) in [5.41, 5.74) is 11.6. The van der Waals surface area contributed by atoms with Crippen LogP contribution in [-0.4, -0.2) is 50.0 Å². The molecule has 0 bridgehead atoms. The molecule has 1 atom stereocenters. The van der Waals surface area contributed by atoms with Crippen LogP contribution in [0.1, 0.15) is 40.0 Å². The zero-order valence-electron chi connectivity index (χ0n) is 14.9. The number of nitrogens with one attached hydrogen (secondary N) is 1. The number of nitrogens with two attached hydrogens (primary N) is 2. The Morgan fingerprint density at radius 3 is 2.04 bits per heavy atom. The third-order valence-corrected chi connectivity index (χ3v) is 2.82. The van der Waals surface area contributed by atoms with E-state index in [2.05, 4.69) is 41.0 Å². The Labute approximate surface area is 160 Å². The first-order chi connectivity index (χ1) is 9.31. The van der Waals surface area contributed by atoms with E-state index in [1.165, 1.54) is 0 Å². The Morgan fingerprint density at radius 1 is 1.00 bits per heavy atom. The Balaban J connectivity index is -0.000000602. The average molecular weight is 394 g/mol. The van der Waals surface area contributed by atoms with Crippen LogP contribution in [0, 0.1) is 5.92 Å². The molecule has 0 spiro atoms. The van der Waals surface area contributed by atoms with Crippen molar-refractivity contribution in [1.82, 2.24) is 10.2 Å². The van der Waals surface area contributed by atoms with E-state index >= 15 is 0 Å². The van der Waals surface area contributed by atoms with E-state index in [1.807, 2.05) is 14.1 Å². The Hall–Kier alpha value is -0.430. The van der Waals surface area contributed by atoms with E-state index in [0.29, 0.717) is 24.4 Å². The van der Waals surface area contributed by atoms with Crippen molar-refractivity contribution in [3.05, 3.63) is 0 Å². The highest BCUT2D eigenvalue weighted by Gasteiger charge is 2.03. The minimum atomic E-state index is 0. The van der Waals surface area contributed by atoms with Crippen LogP contribution in [0.5, 0.6) is 0 Å². The van der Waals surface area contributed by atoms with Crippen LogP contribution in [0.25, 0.3) is 0 Å². The first-order valence-corrected chi connectivity index (χ1v) is 7.36. The molecule has 6 nitrogen and oxygen atoms in total. The summed E-state index contributed by atoms with van der Waals surface area (Å²) in [5, 5.41) is 2.83. The van der Waals surface area contributed by atoms with Gasteiger partial charge in [0.2, 0.25) is 0 Å². The van der Waals surface area contributed by atoms with Gasteiger partial charge in [-0.3, -0.25) is 15.3 Å². The SMILES string of the molecule is CC(C)CCC(C)N=C(N)NC(N)=NCCCN(C)C.Cl.Cl.Cl. The third-order valence-electron chi connectivity index (χ3n) is 2.82. The molecule has 0 aromatic heterocycles. The van der Waals surface area contributed by atoms with Crippen LogP contribution >= 0.6 is 37.2 Å². The van der Waals surface area contributed by atoms with Crippen molar-refractivity contribution in [1.29, 1.82) is 0 Å². The van der Waals surface area contributed by atoms with E-state index in [9.17, 15) is 0 Å². The Kier molecular flexibility index (Phi) is 23.7. The number of guanidine groups is 2. The number of hydrogen-bond acceptors (Lipinski definition) is 3. The maximum Gasteiger partial charge on any atom is 0.195 e. The zero-order chi connectivity index (χ0) is 15.5. The number of nitrogens with zero attached hydrogens (tertiary/aromatic N) is 3. The number of hydrogen-bond donors (Lipinski definition) is 3. The quantitative estimate of drug-likeness (QED) is 0.335. The van der Waals surface area contributed by atoms with Crippen molar-refractivity contribution in [2.24, 2.45) is 27.4 Å². The largest absolute Gasteiger partial charge is 0.370 e. The van der Waals surface area contributed by atoms with Crippen molar-refractivity contribution >= 4 is 49.1 Å². The van der Waals surface area contributed by atoms with Crippen molar-refractivity contribution in [3.63, 3.8) is 0 Å². The van der Waals surface area contributed by atoms with Crippen LogP contribution in [0.2, 0.25) is 0 Å². The molecule has 23 heavy (non-hydrogen) atoms. The van der Waals surface area contributed by atoms with Gasteiger partial charge in [-0.25, -0.2) is 0 Å². The lowest BCUT2D eigenvalue weighted by atomic mass is 10.1. The van der Waals surface area contributed by atoms with Crippen LogP contribution in [0.3, 0.4) is 0 Å². The van der Waals surface area contributed by atoms with Gasteiger partial charge < -0.3 is 16.4 Å². The summed E-state index contributed by atoms with van der Waals surface area (Å²) < 4.78 is 0. The number of rotatable bonds is 8. The molecule has 9 heteroatoms. The number of halogens is 3. The predicted molar refractivity (Wildman–Crippen MR) is 110 cm³/mol. The van der Waals surface area contributed by atoms with E-state index in [4.69, 9.17) is 11.5 Å². The molecule has 142 valence electrons. The minimum absolute atomic E-state index is 0. The monoisotopic (exact) mass is 392 g/mol. The van der Waals surface area contributed by atoms with Gasteiger partial charge in [-0.2, -0.15) is 0 Å². The normalized spacial score (nSPS) is 13.0. The van der Waals surface area contributed by atoms with Crippen molar-refractivity contribution < 1.29 is 0 Å². The number of aliphatic imine (C=N–C) groups is 2. The van der Waals surface area contributed by atoms with Crippen LogP contribution in [-0.2, 0) is 0 Å². The smallest absolute Gasteiger partial charge is 0.195 e. The maximum absolute atomic E-state index is 5.80. The second-order valence-electron chi connectivity index (χ2n) is 5.88. The molecule has 0 saturated carbocycles. The minimum Gasteiger partial charge on any atom is -0.370 e. The molecule has 1 unspecified atom stereocenters. The average Bonchev–Trinajstić information content (AvgIpc) is 2.31. The van der Waals surface area contributed by atoms with Crippen LogP contribution in [0.15, 0.2) is 9.98 Å². The highest BCUT2D eigenvalue weighted by molar-refractivity contribution is 5.97. The van der Waals surface area contributed by atoms with Crippen molar-refractivity contribution in [2.75, 3.05) is 27.2 Å². The standard InChI is InChI=1S/C14H32N6.3ClH/c1-11(2)7-8-12(3)18-14(16)19-13(15)17-9-6-10-20(4)5;;;/h11-12H,6-10H2,1-5H3,(H5,15,16,17,18,19);3*1H. The van der Waals surface area contributed by atoms with E-state index in [0.717, 1.165) is 25.8 Å². The maximum atomic E-state index is 5.80. The predicted octanol–water partition coefficient (Wildman–Crippen LogP) is 2.25. The molecule has 0 aromatic carbocycles. The highest BCUT2D eigenvalue weighted by atomic mass is 35.5. The zero-order valence-corrected chi connectivity index (χ0v) is 17.4. The first-order valence-electron chi connectivity index (χ1n) is 7.36. The summed E-state index contributed by atoms with van der Waals surface area (Å²) in [4.78, 5) is 10.7. The molecule has 0 saturated heterocycles. The van der Waals surface area contributed by atoms with Gasteiger partial charge in [-0.1, -0.05) is 13.8 Å². The molecule has 0 aliphatic rings. The molecule has 0 radical (unpaired) electrons. The molecule has 0 rings (SSSR count). The summed E-state index contributed by atoms with van der Waals surface area (Å²) in [6.07, 6.45) is 3.14. The summed E-state index contributed by atoms with van der Waals surface area (Å²) in [6, 6.07) is 0.200. The van der Waals surface area contributed by atoms with Gasteiger partial charge in [-0.15, -0.1) is 37.2 Å². The van der Waals surface area contributed by atoms with Crippen molar-refractivity contribution in [3.8, 4) is 0 Å². The lowest BCUT2D eigenvalue weighted by Gasteiger charge is -2.11. The lowest BCUT2D eigenvalue weighted by Crippen LogP contribution is -2.42. The van der Waals surface area contributed by atoms with Crippen LogP contribution in [0.4, 0.5) is 0 Å².